The van der Waals surface area contributed by atoms with Crippen LogP contribution >= 0.6 is 0 Å². The van der Waals surface area contributed by atoms with Crippen LogP contribution in [0.5, 0.6) is 5.75 Å². The molecular weight excluding hydrogens is 338 g/mol. The second-order valence-corrected chi connectivity index (χ2v) is 7.72. The molecule has 142 valence electrons. The predicted octanol–water partition coefficient (Wildman–Crippen LogP) is 3.87. The molecule has 4 heteroatoms. The summed E-state index contributed by atoms with van der Waals surface area (Å²) in [5.41, 5.74) is 3.14. The van der Waals surface area contributed by atoms with Gasteiger partial charge in [0.05, 0.1) is 20.3 Å². The van der Waals surface area contributed by atoms with Crippen molar-refractivity contribution in [3.8, 4) is 5.75 Å². The number of ether oxygens (including phenoxy) is 2. The SMILES string of the molecule is COc1ccc(C)c(C(=O)C2CC3COCC(C2)N3Cc2ccccc2)c1. The van der Waals surface area contributed by atoms with Gasteiger partial charge in [0.1, 0.15) is 5.75 Å². The van der Waals surface area contributed by atoms with E-state index >= 15 is 0 Å². The van der Waals surface area contributed by atoms with Gasteiger partial charge in [-0.3, -0.25) is 9.69 Å². The fourth-order valence-corrected chi connectivity index (χ4v) is 4.47. The summed E-state index contributed by atoms with van der Waals surface area (Å²) < 4.78 is 11.2. The molecule has 2 fully saturated rings. The largest absolute Gasteiger partial charge is 0.497 e. The van der Waals surface area contributed by atoms with E-state index in [1.165, 1.54) is 5.56 Å². The summed E-state index contributed by atoms with van der Waals surface area (Å²) in [6.07, 6.45) is 1.72. The van der Waals surface area contributed by atoms with Crippen molar-refractivity contribution in [3.05, 3.63) is 65.2 Å². The number of hydrogen-bond donors (Lipinski definition) is 0. The fraction of sp³-hybridized carbons (Fsp3) is 0.435. The molecular formula is C23H27NO3. The molecule has 4 nitrogen and oxygen atoms in total. The second-order valence-electron chi connectivity index (χ2n) is 7.72. The average Bonchev–Trinajstić information content (AvgIpc) is 2.68. The second kappa shape index (κ2) is 7.83. The molecule has 0 saturated carbocycles. The van der Waals surface area contributed by atoms with E-state index in [4.69, 9.17) is 9.47 Å². The number of Topliss-reactive ketones (excluding diaryl/α,β-unsaturated/α-hetero) is 1. The lowest BCUT2D eigenvalue weighted by Gasteiger charge is -2.48. The zero-order valence-electron chi connectivity index (χ0n) is 16.1. The molecule has 2 saturated heterocycles. The van der Waals surface area contributed by atoms with Crippen LogP contribution in [-0.4, -0.2) is 43.1 Å². The van der Waals surface area contributed by atoms with E-state index in [1.807, 2.05) is 25.1 Å². The standard InChI is InChI=1S/C23H27NO3/c1-16-8-9-21(26-2)12-22(16)23(25)18-10-19-14-27-15-20(11-18)24(19)13-17-6-4-3-5-7-17/h3-9,12,18-20H,10-11,13-15H2,1-2H3. The minimum atomic E-state index is 0.0572. The number of nitrogens with zero attached hydrogens (tertiary/aromatic N) is 1. The van der Waals surface area contributed by atoms with Crippen LogP contribution in [0.1, 0.15) is 34.3 Å². The highest BCUT2D eigenvalue weighted by molar-refractivity contribution is 5.99. The number of rotatable bonds is 5. The molecule has 2 aromatic carbocycles. The van der Waals surface area contributed by atoms with Crippen LogP contribution in [-0.2, 0) is 11.3 Å². The predicted molar refractivity (Wildman–Crippen MR) is 105 cm³/mol. The summed E-state index contributed by atoms with van der Waals surface area (Å²) >= 11 is 0. The maximum absolute atomic E-state index is 13.3. The Morgan fingerprint density at radius 1 is 1.11 bits per heavy atom. The van der Waals surface area contributed by atoms with Crippen LogP contribution in [0.3, 0.4) is 0 Å². The Hall–Kier alpha value is -2.17. The molecule has 2 heterocycles. The lowest BCUT2D eigenvalue weighted by Crippen LogP contribution is -2.57. The Bertz CT molecular complexity index is 791. The minimum absolute atomic E-state index is 0.0572. The first-order chi connectivity index (χ1) is 13.2. The third-order valence-corrected chi connectivity index (χ3v) is 5.96. The third kappa shape index (κ3) is 3.78. The molecule has 0 spiro atoms. The van der Waals surface area contributed by atoms with Crippen LogP contribution in [0.25, 0.3) is 0 Å². The van der Waals surface area contributed by atoms with Gasteiger partial charge in [-0.15, -0.1) is 0 Å². The molecule has 27 heavy (non-hydrogen) atoms. The van der Waals surface area contributed by atoms with Gasteiger partial charge in [0, 0.05) is 30.1 Å². The number of piperidine rings is 1. The highest BCUT2D eigenvalue weighted by atomic mass is 16.5. The van der Waals surface area contributed by atoms with Crippen molar-refractivity contribution in [2.75, 3.05) is 20.3 Å². The molecule has 0 aromatic heterocycles. The number of hydrogen-bond acceptors (Lipinski definition) is 4. The van der Waals surface area contributed by atoms with Crippen LogP contribution in [0.4, 0.5) is 0 Å². The number of aryl methyl sites for hydroxylation is 1. The Morgan fingerprint density at radius 2 is 1.81 bits per heavy atom. The van der Waals surface area contributed by atoms with E-state index in [9.17, 15) is 4.79 Å². The van der Waals surface area contributed by atoms with Crippen molar-refractivity contribution in [3.63, 3.8) is 0 Å². The average molecular weight is 365 g/mol. The van der Waals surface area contributed by atoms with Gasteiger partial charge >= 0.3 is 0 Å². The van der Waals surface area contributed by atoms with Crippen molar-refractivity contribution in [1.29, 1.82) is 0 Å². The molecule has 2 atom stereocenters. The number of morpholine rings is 1. The van der Waals surface area contributed by atoms with Gasteiger partial charge in [0.25, 0.3) is 0 Å². The molecule has 0 N–H and O–H groups in total. The van der Waals surface area contributed by atoms with Gasteiger partial charge in [-0.05, 0) is 43.0 Å². The Kier molecular flexibility index (Phi) is 5.28. The molecule has 2 aliphatic heterocycles. The number of carbonyl (C=O) groups excluding carboxylic acids is 1. The summed E-state index contributed by atoms with van der Waals surface area (Å²) in [6, 6.07) is 17.0. The summed E-state index contributed by atoms with van der Waals surface area (Å²) in [6.45, 7) is 4.36. The highest BCUT2D eigenvalue weighted by Gasteiger charge is 2.41. The van der Waals surface area contributed by atoms with Crippen molar-refractivity contribution in [2.24, 2.45) is 5.92 Å². The highest BCUT2D eigenvalue weighted by Crippen LogP contribution is 2.35. The molecule has 2 bridgehead atoms. The number of ketones is 1. The molecule has 0 radical (unpaired) electrons. The fourth-order valence-electron chi connectivity index (χ4n) is 4.47. The monoisotopic (exact) mass is 365 g/mol. The van der Waals surface area contributed by atoms with E-state index in [0.29, 0.717) is 25.3 Å². The van der Waals surface area contributed by atoms with E-state index < -0.39 is 0 Å². The Morgan fingerprint density at radius 3 is 2.48 bits per heavy atom. The summed E-state index contributed by atoms with van der Waals surface area (Å²) in [7, 11) is 1.64. The number of carbonyl (C=O) groups is 1. The van der Waals surface area contributed by atoms with Gasteiger partial charge < -0.3 is 9.47 Å². The Labute approximate surface area is 161 Å². The van der Waals surface area contributed by atoms with Gasteiger partial charge in [0.15, 0.2) is 5.78 Å². The van der Waals surface area contributed by atoms with Crippen molar-refractivity contribution in [2.45, 2.75) is 38.4 Å². The van der Waals surface area contributed by atoms with Crippen molar-refractivity contribution in [1.82, 2.24) is 4.90 Å². The van der Waals surface area contributed by atoms with Crippen LogP contribution in [0, 0.1) is 12.8 Å². The number of benzene rings is 2. The van der Waals surface area contributed by atoms with E-state index in [-0.39, 0.29) is 11.7 Å². The zero-order chi connectivity index (χ0) is 18.8. The quantitative estimate of drug-likeness (QED) is 0.754. The maximum atomic E-state index is 13.3. The van der Waals surface area contributed by atoms with Crippen molar-refractivity contribution >= 4 is 5.78 Å². The molecule has 0 amide bonds. The van der Waals surface area contributed by atoms with Gasteiger partial charge in [-0.25, -0.2) is 0 Å². The van der Waals surface area contributed by atoms with E-state index in [2.05, 4.69) is 35.2 Å². The smallest absolute Gasteiger partial charge is 0.166 e. The lowest BCUT2D eigenvalue weighted by molar-refractivity contribution is -0.0872. The minimum Gasteiger partial charge on any atom is -0.497 e. The zero-order valence-corrected chi connectivity index (χ0v) is 16.1. The number of fused-ring (bicyclic) bond motifs is 2. The maximum Gasteiger partial charge on any atom is 0.166 e. The third-order valence-electron chi connectivity index (χ3n) is 5.96. The van der Waals surface area contributed by atoms with Crippen LogP contribution in [0.15, 0.2) is 48.5 Å². The Balaban J connectivity index is 1.52. The topological polar surface area (TPSA) is 38.8 Å². The first-order valence-corrected chi connectivity index (χ1v) is 9.72. The first-order valence-electron chi connectivity index (χ1n) is 9.72. The molecule has 4 rings (SSSR count). The molecule has 0 aliphatic carbocycles. The van der Waals surface area contributed by atoms with E-state index in [1.54, 1.807) is 7.11 Å². The molecule has 2 aliphatic rings. The van der Waals surface area contributed by atoms with Crippen LogP contribution < -0.4 is 4.74 Å². The normalized spacial score (nSPS) is 25.2. The summed E-state index contributed by atoms with van der Waals surface area (Å²) in [5.74, 6) is 1.05. The van der Waals surface area contributed by atoms with Gasteiger partial charge in [-0.2, -0.15) is 0 Å². The van der Waals surface area contributed by atoms with E-state index in [0.717, 1.165) is 36.3 Å². The molecule has 2 aromatic rings. The van der Waals surface area contributed by atoms with Crippen LogP contribution in [0.2, 0.25) is 0 Å². The number of methoxy groups -OCH3 is 1. The van der Waals surface area contributed by atoms with Crippen molar-refractivity contribution < 1.29 is 14.3 Å². The van der Waals surface area contributed by atoms with Gasteiger partial charge in [-0.1, -0.05) is 36.4 Å². The van der Waals surface area contributed by atoms with Gasteiger partial charge in [0.2, 0.25) is 0 Å². The molecule has 2 unspecified atom stereocenters. The first kappa shape index (κ1) is 18.2. The lowest BCUT2D eigenvalue weighted by atomic mass is 9.79. The summed E-state index contributed by atoms with van der Waals surface area (Å²) in [4.78, 5) is 15.8. The summed E-state index contributed by atoms with van der Waals surface area (Å²) in [5, 5.41) is 0.